The number of ether oxygens (including phenoxy) is 1. The molecule has 1 heterocycles. The van der Waals surface area contributed by atoms with Crippen molar-refractivity contribution in [3.05, 3.63) is 60.8 Å². The molecule has 0 radical (unpaired) electrons. The maximum Gasteiger partial charge on any atom is 0.194 e. The summed E-state index contributed by atoms with van der Waals surface area (Å²) in [6.07, 6.45) is 1.01. The topological polar surface area (TPSA) is 42.4 Å². The highest BCUT2D eigenvalue weighted by atomic mass is 16.6. The van der Waals surface area contributed by atoms with E-state index in [1.165, 1.54) is 5.39 Å². The second kappa shape index (κ2) is 5.31. The molecule has 20 heavy (non-hydrogen) atoms. The number of aliphatic hydroxyl groups excluding tert-OH is 1. The highest BCUT2D eigenvalue weighted by Gasteiger charge is 2.05. The van der Waals surface area contributed by atoms with Crippen molar-refractivity contribution in [2.24, 2.45) is 0 Å². The highest BCUT2D eigenvalue weighted by molar-refractivity contribution is 5.94. The van der Waals surface area contributed by atoms with Crippen LogP contribution in [0.1, 0.15) is 6.92 Å². The number of pyridine rings is 1. The Bertz CT molecular complexity index is 715. The molecule has 1 aromatic heterocycles. The number of nitrogens with zero attached hydrogens (tertiary/aromatic N) is 1. The van der Waals surface area contributed by atoms with Crippen molar-refractivity contribution in [3.8, 4) is 17.0 Å². The van der Waals surface area contributed by atoms with Gasteiger partial charge in [-0.15, -0.1) is 0 Å². The van der Waals surface area contributed by atoms with Gasteiger partial charge in [-0.3, -0.25) is 4.98 Å². The molecule has 3 nitrogen and oxygen atoms in total. The number of fused-ring (bicyclic) bond motifs is 1. The molecule has 0 amide bonds. The van der Waals surface area contributed by atoms with Gasteiger partial charge in [-0.25, -0.2) is 0 Å². The Morgan fingerprint density at radius 2 is 1.75 bits per heavy atom. The highest BCUT2D eigenvalue weighted by Crippen LogP contribution is 2.27. The molecule has 3 aromatic rings. The van der Waals surface area contributed by atoms with Gasteiger partial charge in [0.15, 0.2) is 6.29 Å². The van der Waals surface area contributed by atoms with Crippen molar-refractivity contribution in [2.45, 2.75) is 13.2 Å². The first-order chi connectivity index (χ1) is 9.74. The quantitative estimate of drug-likeness (QED) is 0.735. The zero-order chi connectivity index (χ0) is 13.9. The average molecular weight is 265 g/mol. The molecule has 2 aromatic carbocycles. The summed E-state index contributed by atoms with van der Waals surface area (Å²) in [4.78, 5) is 4.48. The summed E-state index contributed by atoms with van der Waals surface area (Å²) in [5.74, 6) is 0.643. The molecule has 1 atom stereocenters. The Kier molecular flexibility index (Phi) is 3.35. The third kappa shape index (κ3) is 2.49. The number of hydrogen-bond acceptors (Lipinski definition) is 3. The van der Waals surface area contributed by atoms with Crippen LogP contribution in [0.3, 0.4) is 0 Å². The lowest BCUT2D eigenvalue weighted by atomic mass is 10.0. The van der Waals surface area contributed by atoms with Gasteiger partial charge in [0.05, 0.1) is 5.69 Å². The first kappa shape index (κ1) is 12.6. The molecule has 0 bridgehead atoms. The standard InChI is InChI=1S/C17H15NO2/c1-12(19)20-15-8-6-14(7-9-15)17-16-5-3-2-4-13(16)10-11-18-17/h2-12,19H,1H3. The van der Waals surface area contributed by atoms with Crippen LogP contribution in [0, 0.1) is 0 Å². The summed E-state index contributed by atoms with van der Waals surface area (Å²) in [5, 5.41) is 11.5. The van der Waals surface area contributed by atoms with Crippen molar-refractivity contribution >= 4 is 10.8 Å². The van der Waals surface area contributed by atoms with Crippen LogP contribution in [-0.2, 0) is 0 Å². The Balaban J connectivity index is 2.03. The lowest BCUT2D eigenvalue weighted by Crippen LogP contribution is -2.09. The second-order valence-electron chi connectivity index (χ2n) is 4.62. The average Bonchev–Trinajstić information content (AvgIpc) is 2.47. The van der Waals surface area contributed by atoms with Gasteiger partial charge in [-0.05, 0) is 42.6 Å². The zero-order valence-corrected chi connectivity index (χ0v) is 11.2. The minimum atomic E-state index is -0.809. The smallest absolute Gasteiger partial charge is 0.194 e. The van der Waals surface area contributed by atoms with Crippen LogP contribution in [-0.4, -0.2) is 16.4 Å². The van der Waals surface area contributed by atoms with E-state index in [1.807, 2.05) is 48.7 Å². The molecule has 0 saturated heterocycles. The van der Waals surface area contributed by atoms with Gasteiger partial charge in [-0.2, -0.15) is 0 Å². The fourth-order valence-corrected chi connectivity index (χ4v) is 2.24. The van der Waals surface area contributed by atoms with E-state index >= 15 is 0 Å². The first-order valence-corrected chi connectivity index (χ1v) is 6.53. The van der Waals surface area contributed by atoms with Crippen molar-refractivity contribution in [1.82, 2.24) is 4.98 Å². The van der Waals surface area contributed by atoms with Gasteiger partial charge in [-0.1, -0.05) is 24.3 Å². The molecule has 3 rings (SSSR count). The van der Waals surface area contributed by atoms with Gasteiger partial charge in [0, 0.05) is 17.1 Å². The number of benzene rings is 2. The number of aliphatic hydroxyl groups is 1. The lowest BCUT2D eigenvalue weighted by molar-refractivity contribution is -0.000281. The monoisotopic (exact) mass is 265 g/mol. The molecule has 100 valence electrons. The number of hydrogen-bond donors (Lipinski definition) is 1. The Hall–Kier alpha value is -2.39. The molecule has 1 unspecified atom stereocenters. The van der Waals surface area contributed by atoms with Gasteiger partial charge < -0.3 is 9.84 Å². The predicted molar refractivity (Wildman–Crippen MR) is 79.5 cm³/mol. The van der Waals surface area contributed by atoms with E-state index in [9.17, 15) is 5.11 Å². The summed E-state index contributed by atoms with van der Waals surface area (Å²) in [5.41, 5.74) is 1.98. The molecule has 0 spiro atoms. The Morgan fingerprint density at radius 3 is 2.50 bits per heavy atom. The largest absolute Gasteiger partial charge is 0.465 e. The fraction of sp³-hybridized carbons (Fsp3) is 0.118. The van der Waals surface area contributed by atoms with Crippen molar-refractivity contribution in [2.75, 3.05) is 0 Å². The van der Waals surface area contributed by atoms with Gasteiger partial charge in [0.25, 0.3) is 0 Å². The summed E-state index contributed by atoms with van der Waals surface area (Å²) in [6.45, 7) is 1.58. The van der Waals surface area contributed by atoms with E-state index in [0.717, 1.165) is 16.6 Å². The molecule has 0 aliphatic carbocycles. The van der Waals surface area contributed by atoms with Crippen molar-refractivity contribution in [1.29, 1.82) is 0 Å². The minimum absolute atomic E-state index is 0.643. The van der Waals surface area contributed by atoms with Crippen LogP contribution < -0.4 is 4.74 Å². The maximum absolute atomic E-state index is 9.20. The third-order valence-electron chi connectivity index (χ3n) is 3.11. The summed E-state index contributed by atoms with van der Waals surface area (Å²) in [7, 11) is 0. The van der Waals surface area contributed by atoms with E-state index < -0.39 is 6.29 Å². The zero-order valence-electron chi connectivity index (χ0n) is 11.2. The summed E-state index contributed by atoms with van der Waals surface area (Å²) in [6, 6.07) is 17.8. The number of rotatable bonds is 3. The SMILES string of the molecule is CC(O)Oc1ccc(-c2nccc3ccccc23)cc1. The molecule has 1 N–H and O–H groups in total. The minimum Gasteiger partial charge on any atom is -0.465 e. The second-order valence-corrected chi connectivity index (χ2v) is 4.62. The lowest BCUT2D eigenvalue weighted by Gasteiger charge is -2.10. The predicted octanol–water partition coefficient (Wildman–Crippen LogP) is 3.62. The van der Waals surface area contributed by atoms with Crippen LogP contribution in [0.5, 0.6) is 5.75 Å². The number of aromatic nitrogens is 1. The van der Waals surface area contributed by atoms with E-state index in [2.05, 4.69) is 17.1 Å². The van der Waals surface area contributed by atoms with Crippen molar-refractivity contribution < 1.29 is 9.84 Å². The normalized spacial score (nSPS) is 12.3. The van der Waals surface area contributed by atoms with E-state index in [1.54, 1.807) is 6.92 Å². The van der Waals surface area contributed by atoms with E-state index in [4.69, 9.17) is 4.74 Å². The van der Waals surface area contributed by atoms with Crippen molar-refractivity contribution in [3.63, 3.8) is 0 Å². The van der Waals surface area contributed by atoms with Crippen LogP contribution in [0.2, 0.25) is 0 Å². The fourth-order valence-electron chi connectivity index (χ4n) is 2.24. The van der Waals surface area contributed by atoms with Gasteiger partial charge in [0.2, 0.25) is 0 Å². The molecular formula is C17H15NO2. The Labute approximate surface area is 117 Å². The molecule has 0 saturated carbocycles. The van der Waals surface area contributed by atoms with Crippen LogP contribution in [0.25, 0.3) is 22.0 Å². The molecule has 0 fully saturated rings. The van der Waals surface area contributed by atoms with E-state index in [0.29, 0.717) is 5.75 Å². The maximum atomic E-state index is 9.20. The molecule has 0 aliphatic rings. The molecule has 3 heteroatoms. The van der Waals surface area contributed by atoms with Gasteiger partial charge in [0.1, 0.15) is 5.75 Å². The molecule has 0 aliphatic heterocycles. The molecular weight excluding hydrogens is 250 g/mol. The Morgan fingerprint density at radius 1 is 1.00 bits per heavy atom. The first-order valence-electron chi connectivity index (χ1n) is 6.53. The van der Waals surface area contributed by atoms with Crippen LogP contribution in [0.15, 0.2) is 60.8 Å². The summed E-state index contributed by atoms with van der Waals surface area (Å²) < 4.78 is 5.23. The van der Waals surface area contributed by atoms with Gasteiger partial charge >= 0.3 is 0 Å². The van der Waals surface area contributed by atoms with Crippen LogP contribution >= 0.6 is 0 Å². The summed E-state index contributed by atoms with van der Waals surface area (Å²) >= 11 is 0. The van der Waals surface area contributed by atoms with Crippen LogP contribution in [0.4, 0.5) is 0 Å². The third-order valence-corrected chi connectivity index (χ3v) is 3.11. The van der Waals surface area contributed by atoms with E-state index in [-0.39, 0.29) is 0 Å².